The zero-order chi connectivity index (χ0) is 8.32. The minimum atomic E-state index is -1.81. The predicted molar refractivity (Wildman–Crippen MR) is 51.7 cm³/mol. The van der Waals surface area contributed by atoms with Crippen molar-refractivity contribution >= 4 is 28.9 Å². The molecule has 0 spiro atoms. The molecule has 11 heavy (non-hydrogen) atoms. The first-order valence-electron chi connectivity index (χ1n) is 4.07. The third-order valence-corrected chi connectivity index (χ3v) is 4.16. The second-order valence-electron chi connectivity index (χ2n) is 3.27. The summed E-state index contributed by atoms with van der Waals surface area (Å²) in [5, 5.41) is 0. The fourth-order valence-corrected chi connectivity index (χ4v) is 2.71. The minimum absolute atomic E-state index is 0.563. The Labute approximate surface area is 78.4 Å². The van der Waals surface area contributed by atoms with Crippen molar-refractivity contribution in [1.82, 2.24) is 0 Å². The Balaban J connectivity index is 1.87. The molecule has 0 aromatic heterocycles. The molecule has 66 valence electrons. The van der Waals surface area contributed by atoms with Gasteiger partial charge in [0.15, 0.2) is 0 Å². The maximum Gasteiger partial charge on any atom is 0.248 e. The molecule has 0 bridgehead atoms. The average Bonchev–Trinajstić information content (AvgIpc) is 2.60. The summed E-state index contributed by atoms with van der Waals surface area (Å²) in [5.74, 6) is 0. The molecule has 1 fully saturated rings. The van der Waals surface area contributed by atoms with Gasteiger partial charge < -0.3 is 4.74 Å². The summed E-state index contributed by atoms with van der Waals surface area (Å²) in [5.41, 5.74) is 0. The molecule has 0 aliphatic carbocycles. The van der Waals surface area contributed by atoms with Crippen LogP contribution in [0.4, 0.5) is 0 Å². The molecule has 0 amide bonds. The van der Waals surface area contributed by atoms with E-state index in [2.05, 4.69) is 0 Å². The van der Waals surface area contributed by atoms with E-state index in [-0.39, 0.29) is 0 Å². The van der Waals surface area contributed by atoms with Crippen LogP contribution in [0.2, 0.25) is 12.6 Å². The second kappa shape index (κ2) is 4.12. The summed E-state index contributed by atoms with van der Waals surface area (Å²) >= 11 is 11.9. The number of epoxide rings is 1. The molecule has 0 aromatic carbocycles. The molecule has 4 heteroatoms. The van der Waals surface area contributed by atoms with E-state index in [1.807, 2.05) is 6.55 Å². The molecule has 1 heterocycles. The average molecular weight is 213 g/mol. The van der Waals surface area contributed by atoms with Crippen LogP contribution in [0.1, 0.15) is 19.3 Å². The van der Waals surface area contributed by atoms with Gasteiger partial charge in [-0.3, -0.25) is 0 Å². The molecular weight excluding hydrogens is 199 g/mol. The van der Waals surface area contributed by atoms with Crippen molar-refractivity contribution in [2.45, 2.75) is 38.0 Å². The molecule has 1 nitrogen and oxygen atoms in total. The van der Waals surface area contributed by atoms with E-state index in [9.17, 15) is 0 Å². The Bertz CT molecular complexity index is 120. The quantitative estimate of drug-likeness (QED) is 0.296. The molecule has 1 saturated heterocycles. The summed E-state index contributed by atoms with van der Waals surface area (Å²) in [6.45, 7) is 1.14. The highest BCUT2D eigenvalue weighted by molar-refractivity contribution is 7.44. The largest absolute Gasteiger partial charge is 0.373 e. The lowest BCUT2D eigenvalue weighted by Crippen LogP contribution is -2.11. The first-order valence-corrected chi connectivity index (χ1v) is 8.80. The van der Waals surface area contributed by atoms with Crippen LogP contribution < -0.4 is 0 Å². The fourth-order valence-electron chi connectivity index (χ4n) is 1.04. The van der Waals surface area contributed by atoms with E-state index >= 15 is 0 Å². The molecule has 1 aliphatic rings. The van der Waals surface area contributed by atoms with Crippen LogP contribution in [0.15, 0.2) is 0 Å². The normalized spacial score (nSPS) is 23.7. The molecule has 1 rings (SSSR count). The first kappa shape index (κ1) is 9.84. The highest BCUT2D eigenvalue weighted by atomic mass is 35.7. The molecule has 1 unspecified atom stereocenters. The third-order valence-electron chi connectivity index (χ3n) is 1.79. The zero-order valence-corrected chi connectivity index (χ0v) is 9.29. The number of ether oxygens (including phenoxy) is 1. The zero-order valence-electron chi connectivity index (χ0n) is 6.78. The van der Waals surface area contributed by atoms with Crippen molar-refractivity contribution in [2.75, 3.05) is 6.61 Å². The van der Waals surface area contributed by atoms with Crippen LogP contribution in [-0.2, 0) is 4.74 Å². The molecule has 1 atom stereocenters. The maximum absolute atomic E-state index is 5.94. The van der Waals surface area contributed by atoms with Gasteiger partial charge in [0.25, 0.3) is 0 Å². The van der Waals surface area contributed by atoms with Crippen molar-refractivity contribution in [3.63, 3.8) is 0 Å². The lowest BCUT2D eigenvalue weighted by molar-refractivity contribution is 0.391. The number of hydrogen-bond acceptors (Lipinski definition) is 1. The minimum Gasteiger partial charge on any atom is -0.373 e. The number of rotatable bonds is 5. The van der Waals surface area contributed by atoms with E-state index in [1.54, 1.807) is 0 Å². The van der Waals surface area contributed by atoms with Gasteiger partial charge in [0.05, 0.1) is 12.7 Å². The van der Waals surface area contributed by atoms with Crippen LogP contribution in [0.25, 0.3) is 0 Å². The molecule has 0 saturated carbocycles. The van der Waals surface area contributed by atoms with E-state index in [1.165, 1.54) is 12.8 Å². The summed E-state index contributed by atoms with van der Waals surface area (Å²) in [6, 6.07) is 1.02. The Morgan fingerprint density at radius 1 is 1.45 bits per heavy atom. The highest BCUT2D eigenvalue weighted by Crippen LogP contribution is 2.24. The first-order chi connectivity index (χ1) is 5.08. The van der Waals surface area contributed by atoms with Crippen LogP contribution >= 0.6 is 22.2 Å². The predicted octanol–water partition coefficient (Wildman–Crippen LogP) is 3.11. The summed E-state index contributed by atoms with van der Waals surface area (Å²) in [7, 11) is 0. The van der Waals surface area contributed by atoms with Crippen molar-refractivity contribution in [1.29, 1.82) is 0 Å². The number of hydrogen-bond donors (Lipinski definition) is 0. The molecule has 0 aromatic rings. The fraction of sp³-hybridized carbons (Fsp3) is 1.00. The van der Waals surface area contributed by atoms with Gasteiger partial charge in [-0.25, -0.2) is 0 Å². The molecule has 1 aliphatic heterocycles. The topological polar surface area (TPSA) is 12.5 Å². The van der Waals surface area contributed by atoms with Gasteiger partial charge in [0.2, 0.25) is 6.69 Å². The van der Waals surface area contributed by atoms with Gasteiger partial charge >= 0.3 is 0 Å². The van der Waals surface area contributed by atoms with Crippen molar-refractivity contribution in [3.8, 4) is 0 Å². The van der Waals surface area contributed by atoms with Gasteiger partial charge in [-0.05, 0) is 19.0 Å². The Kier molecular flexibility index (Phi) is 3.69. The molecular formula is C7H14Cl2OSi. The van der Waals surface area contributed by atoms with Crippen molar-refractivity contribution in [2.24, 2.45) is 0 Å². The SMILES string of the molecule is C[Si](Cl)(Cl)CCCCC1CO1. The Hall–Kier alpha value is 0.757. The highest BCUT2D eigenvalue weighted by Gasteiger charge is 2.23. The summed E-state index contributed by atoms with van der Waals surface area (Å²) in [4.78, 5) is 0. The standard InChI is InChI=1S/C7H14Cl2OSi/c1-11(8,9)5-3-2-4-7-6-10-7/h7H,2-6H2,1H3. The van der Waals surface area contributed by atoms with Crippen LogP contribution in [-0.4, -0.2) is 19.4 Å². The Morgan fingerprint density at radius 2 is 2.09 bits per heavy atom. The lowest BCUT2D eigenvalue weighted by atomic mass is 10.2. The van der Waals surface area contributed by atoms with E-state index in [0.717, 1.165) is 19.1 Å². The van der Waals surface area contributed by atoms with E-state index < -0.39 is 6.69 Å². The van der Waals surface area contributed by atoms with Crippen molar-refractivity contribution < 1.29 is 4.74 Å². The second-order valence-corrected chi connectivity index (χ2v) is 11.5. The van der Waals surface area contributed by atoms with E-state index in [0.29, 0.717) is 6.10 Å². The lowest BCUT2D eigenvalue weighted by Gasteiger charge is -2.08. The van der Waals surface area contributed by atoms with E-state index in [4.69, 9.17) is 26.9 Å². The monoisotopic (exact) mass is 212 g/mol. The molecule has 0 radical (unpaired) electrons. The number of halogens is 2. The van der Waals surface area contributed by atoms with Crippen LogP contribution in [0.3, 0.4) is 0 Å². The van der Waals surface area contributed by atoms with Gasteiger partial charge in [0, 0.05) is 0 Å². The summed E-state index contributed by atoms with van der Waals surface area (Å²) in [6.07, 6.45) is 4.13. The van der Waals surface area contributed by atoms with Gasteiger partial charge in [-0.2, -0.15) is 0 Å². The summed E-state index contributed by atoms with van der Waals surface area (Å²) < 4.78 is 5.09. The smallest absolute Gasteiger partial charge is 0.248 e. The Morgan fingerprint density at radius 3 is 2.55 bits per heavy atom. The van der Waals surface area contributed by atoms with Crippen LogP contribution in [0, 0.1) is 0 Å². The van der Waals surface area contributed by atoms with Crippen LogP contribution in [0.5, 0.6) is 0 Å². The number of unbranched alkanes of at least 4 members (excludes halogenated alkanes) is 1. The van der Waals surface area contributed by atoms with Gasteiger partial charge in [-0.1, -0.05) is 12.8 Å². The van der Waals surface area contributed by atoms with Crippen molar-refractivity contribution in [3.05, 3.63) is 0 Å². The maximum atomic E-state index is 5.94. The molecule has 0 N–H and O–H groups in total. The van der Waals surface area contributed by atoms with Gasteiger partial charge in [-0.15, -0.1) is 22.2 Å². The third kappa shape index (κ3) is 5.97. The van der Waals surface area contributed by atoms with Gasteiger partial charge in [0.1, 0.15) is 0 Å².